The number of carbonyl (C=O) groups is 2. The minimum atomic E-state index is -0.968. The first-order valence-electron chi connectivity index (χ1n) is 15.3. The molecule has 1 fully saturated rings. The fourth-order valence-electron chi connectivity index (χ4n) is 5.81. The molecular weight excluding hydrogens is 592 g/mol. The Morgan fingerprint density at radius 2 is 1.89 bits per heavy atom. The summed E-state index contributed by atoms with van der Waals surface area (Å²) in [5.74, 6) is 0.645. The minimum absolute atomic E-state index is 0.0142. The maximum absolute atomic E-state index is 13.8. The molecule has 2 aliphatic rings. The number of fused-ring (bicyclic) bond motifs is 2. The third kappa shape index (κ3) is 5.82. The van der Waals surface area contributed by atoms with Gasteiger partial charge in [0, 0.05) is 12.0 Å². The lowest BCUT2D eigenvalue weighted by atomic mass is 9.94. The Labute approximate surface area is 266 Å². The van der Waals surface area contributed by atoms with Gasteiger partial charge in [-0.15, -0.1) is 0 Å². The van der Waals surface area contributed by atoms with Crippen LogP contribution in [0.15, 0.2) is 60.2 Å². The molecule has 2 aliphatic heterocycles. The van der Waals surface area contributed by atoms with Gasteiger partial charge in [-0.3, -0.25) is 14.5 Å². The molecule has 1 amide bonds. The smallest absolute Gasteiger partial charge is 0.301 e. The molecule has 0 bridgehead atoms. The van der Waals surface area contributed by atoms with Crippen molar-refractivity contribution in [3.63, 3.8) is 0 Å². The number of benzene rings is 3. The number of ketones is 1. The molecule has 10 heteroatoms. The summed E-state index contributed by atoms with van der Waals surface area (Å²) < 4.78 is 24.0. The molecule has 0 saturated carbocycles. The molecule has 4 aromatic rings. The Morgan fingerprint density at radius 3 is 2.67 bits per heavy atom. The second-order valence-corrected chi connectivity index (χ2v) is 12.2. The number of unbranched alkanes of at least 4 members (excludes halogenated alkanes) is 2. The van der Waals surface area contributed by atoms with Gasteiger partial charge in [-0.2, -0.15) is 0 Å². The second-order valence-electron chi connectivity index (χ2n) is 11.1. The molecule has 2 unspecified atom stereocenters. The molecule has 9 nitrogen and oxygen atoms in total. The summed E-state index contributed by atoms with van der Waals surface area (Å²) in [6.07, 6.45) is 3.74. The predicted octanol–water partition coefficient (Wildman–Crippen LogP) is 7.22. The van der Waals surface area contributed by atoms with Gasteiger partial charge >= 0.3 is 5.91 Å². The molecule has 0 spiro atoms. The highest BCUT2D eigenvalue weighted by atomic mass is 32.1. The van der Waals surface area contributed by atoms with Crippen molar-refractivity contribution in [1.29, 1.82) is 0 Å². The van der Waals surface area contributed by atoms with Crippen LogP contribution >= 0.6 is 11.3 Å². The van der Waals surface area contributed by atoms with Crippen LogP contribution in [0, 0.1) is 0 Å². The van der Waals surface area contributed by atoms with Crippen molar-refractivity contribution < 1.29 is 33.6 Å². The lowest BCUT2D eigenvalue weighted by molar-refractivity contribution is -0.132. The van der Waals surface area contributed by atoms with Crippen LogP contribution in [-0.4, -0.2) is 48.2 Å². The first-order chi connectivity index (χ1) is 21.8. The Balaban J connectivity index is 1.49. The van der Waals surface area contributed by atoms with Crippen LogP contribution in [-0.2, 0) is 16.0 Å². The van der Waals surface area contributed by atoms with E-state index >= 15 is 0 Å². The van der Waals surface area contributed by atoms with Crippen molar-refractivity contribution in [2.24, 2.45) is 0 Å². The molecule has 45 heavy (non-hydrogen) atoms. The third-order valence-corrected chi connectivity index (χ3v) is 9.01. The zero-order chi connectivity index (χ0) is 31.7. The van der Waals surface area contributed by atoms with Gasteiger partial charge in [-0.25, -0.2) is 4.98 Å². The number of hydrogen-bond acceptors (Lipinski definition) is 9. The molecule has 0 radical (unpaired) electrons. The molecule has 1 saturated heterocycles. The van der Waals surface area contributed by atoms with E-state index in [2.05, 4.69) is 6.92 Å². The number of rotatable bonds is 11. The zero-order valence-electron chi connectivity index (χ0n) is 25.8. The quantitative estimate of drug-likeness (QED) is 0.0803. The van der Waals surface area contributed by atoms with Crippen LogP contribution in [0.25, 0.3) is 16.0 Å². The number of thiazole rings is 1. The molecule has 6 rings (SSSR count). The van der Waals surface area contributed by atoms with Crippen molar-refractivity contribution in [3.05, 3.63) is 76.9 Å². The van der Waals surface area contributed by atoms with Gasteiger partial charge in [-0.05, 0) is 79.9 Å². The number of aliphatic hydroxyl groups excluding tert-OH is 1. The van der Waals surface area contributed by atoms with Crippen molar-refractivity contribution in [2.75, 3.05) is 25.2 Å². The molecule has 3 heterocycles. The Morgan fingerprint density at radius 1 is 1.04 bits per heavy atom. The summed E-state index contributed by atoms with van der Waals surface area (Å²) in [5, 5.41) is 12.1. The summed E-state index contributed by atoms with van der Waals surface area (Å²) in [6.45, 7) is 6.93. The van der Waals surface area contributed by atoms with Crippen LogP contribution in [0.3, 0.4) is 0 Å². The molecule has 3 aromatic carbocycles. The molecule has 0 aliphatic carbocycles. The van der Waals surface area contributed by atoms with Gasteiger partial charge in [0.15, 0.2) is 16.6 Å². The van der Waals surface area contributed by atoms with E-state index in [9.17, 15) is 14.7 Å². The number of anilines is 1. The highest BCUT2D eigenvalue weighted by Gasteiger charge is 2.48. The number of methoxy groups -OCH3 is 1. The summed E-state index contributed by atoms with van der Waals surface area (Å²) in [7, 11) is 1.58. The largest absolute Gasteiger partial charge is 0.507 e. The lowest BCUT2D eigenvalue weighted by Crippen LogP contribution is -2.29. The molecular formula is C35H36N2O7S. The van der Waals surface area contributed by atoms with E-state index in [1.165, 1.54) is 16.2 Å². The summed E-state index contributed by atoms with van der Waals surface area (Å²) in [4.78, 5) is 33.8. The van der Waals surface area contributed by atoms with Crippen molar-refractivity contribution >= 4 is 44.1 Å². The number of aromatic nitrogens is 1. The molecule has 2 atom stereocenters. The Bertz CT molecular complexity index is 1800. The van der Waals surface area contributed by atoms with Crippen LogP contribution in [0.2, 0.25) is 0 Å². The number of hydrogen-bond donors (Lipinski definition) is 1. The lowest BCUT2D eigenvalue weighted by Gasteiger charge is -2.24. The van der Waals surface area contributed by atoms with Gasteiger partial charge in [0.05, 0.1) is 42.2 Å². The predicted molar refractivity (Wildman–Crippen MR) is 174 cm³/mol. The van der Waals surface area contributed by atoms with E-state index < -0.39 is 17.7 Å². The zero-order valence-corrected chi connectivity index (χ0v) is 26.6. The maximum atomic E-state index is 13.8. The van der Waals surface area contributed by atoms with Crippen LogP contribution in [0.4, 0.5) is 5.13 Å². The third-order valence-electron chi connectivity index (χ3n) is 7.99. The normalized spacial score (nSPS) is 18.7. The van der Waals surface area contributed by atoms with Crippen LogP contribution in [0.1, 0.15) is 62.8 Å². The van der Waals surface area contributed by atoms with E-state index in [0.29, 0.717) is 58.7 Å². The fourth-order valence-corrected chi connectivity index (χ4v) is 6.83. The Hall–Kier alpha value is -4.57. The van der Waals surface area contributed by atoms with Gasteiger partial charge in [0.2, 0.25) is 0 Å². The van der Waals surface area contributed by atoms with Gasteiger partial charge < -0.3 is 24.1 Å². The van der Waals surface area contributed by atoms with E-state index in [0.717, 1.165) is 35.3 Å². The average Bonchev–Trinajstić information content (AvgIpc) is 3.71. The second kappa shape index (κ2) is 12.8. The summed E-state index contributed by atoms with van der Waals surface area (Å²) in [6, 6.07) is 15.2. The molecule has 234 valence electrons. The van der Waals surface area contributed by atoms with Gasteiger partial charge in [-0.1, -0.05) is 37.2 Å². The number of amides is 1. The SMILES string of the molecule is CCCCCOc1ccc(C2C(=C(O)c3ccc4c(c3)CC(C)O4)C(=O)C(=O)N2c2nc3ccc(OC)cc3s2)cc1OCC. The highest BCUT2D eigenvalue weighted by Crippen LogP contribution is 2.46. The van der Waals surface area contributed by atoms with Crippen LogP contribution in [0.5, 0.6) is 23.0 Å². The molecule has 1 aromatic heterocycles. The van der Waals surface area contributed by atoms with Crippen molar-refractivity contribution in [1.82, 2.24) is 4.98 Å². The minimum Gasteiger partial charge on any atom is -0.507 e. The van der Waals surface area contributed by atoms with Gasteiger partial charge in [0.1, 0.15) is 23.4 Å². The number of Topliss-reactive ketones (excluding diaryl/α,β-unsaturated/α-hetero) is 1. The number of ether oxygens (including phenoxy) is 4. The average molecular weight is 629 g/mol. The van der Waals surface area contributed by atoms with Crippen molar-refractivity contribution in [3.8, 4) is 23.0 Å². The monoisotopic (exact) mass is 628 g/mol. The number of aliphatic hydroxyl groups is 1. The van der Waals surface area contributed by atoms with Crippen LogP contribution < -0.4 is 23.8 Å². The number of carbonyl (C=O) groups excluding carboxylic acids is 2. The fraction of sp³-hybridized carbons (Fsp3) is 0.343. The van der Waals surface area contributed by atoms with E-state index in [-0.39, 0.29) is 17.4 Å². The number of nitrogens with zero attached hydrogens (tertiary/aromatic N) is 2. The van der Waals surface area contributed by atoms with E-state index in [4.69, 9.17) is 23.9 Å². The first-order valence-corrected chi connectivity index (χ1v) is 16.1. The standard InChI is InChI=1S/C35H36N2O7S/c1-5-7-8-15-43-27-14-9-21(18-28(27)42-6-2)31-30(32(38)22-10-13-26-23(17-22)16-20(3)44-26)33(39)34(40)37(31)35-36-25-12-11-24(41-4)19-29(25)45-35/h9-14,17-20,31,38H,5-8,15-16H2,1-4H3. The Kier molecular flexibility index (Phi) is 8.67. The molecule has 1 N–H and O–H groups in total. The van der Waals surface area contributed by atoms with E-state index in [1.54, 1.807) is 37.4 Å². The summed E-state index contributed by atoms with van der Waals surface area (Å²) in [5.41, 5.74) is 2.58. The highest BCUT2D eigenvalue weighted by molar-refractivity contribution is 7.22. The maximum Gasteiger partial charge on any atom is 0.301 e. The van der Waals surface area contributed by atoms with Gasteiger partial charge in [0.25, 0.3) is 5.78 Å². The first kappa shape index (κ1) is 30.5. The summed E-state index contributed by atoms with van der Waals surface area (Å²) >= 11 is 1.27. The van der Waals surface area contributed by atoms with E-state index in [1.807, 2.05) is 38.1 Å². The topological polar surface area (TPSA) is 107 Å². The van der Waals surface area contributed by atoms with Crippen molar-refractivity contribution in [2.45, 2.75) is 58.6 Å².